The van der Waals surface area contributed by atoms with Gasteiger partial charge in [0, 0.05) is 18.3 Å². The van der Waals surface area contributed by atoms with E-state index in [9.17, 15) is 4.79 Å². The van der Waals surface area contributed by atoms with Gasteiger partial charge in [-0.3, -0.25) is 9.89 Å². The molecule has 2 N–H and O–H groups in total. The first kappa shape index (κ1) is 16.0. The van der Waals surface area contributed by atoms with Crippen molar-refractivity contribution in [1.29, 1.82) is 0 Å². The third-order valence-corrected chi connectivity index (χ3v) is 4.15. The zero-order valence-corrected chi connectivity index (χ0v) is 14.0. The van der Waals surface area contributed by atoms with E-state index in [0.717, 1.165) is 28.1 Å². The molecule has 1 amide bonds. The van der Waals surface area contributed by atoms with Gasteiger partial charge in [0.1, 0.15) is 5.76 Å². The highest BCUT2D eigenvalue weighted by Gasteiger charge is 2.22. The summed E-state index contributed by atoms with van der Waals surface area (Å²) in [5.41, 5.74) is 4.70. The lowest BCUT2D eigenvalue weighted by atomic mass is 9.98. The third-order valence-electron chi connectivity index (χ3n) is 4.15. The van der Waals surface area contributed by atoms with Crippen molar-refractivity contribution in [3.63, 3.8) is 0 Å². The molecule has 2 heterocycles. The Kier molecular flexibility index (Phi) is 4.46. The number of rotatable bonds is 5. The lowest BCUT2D eigenvalue weighted by Crippen LogP contribution is -2.28. The van der Waals surface area contributed by atoms with Crippen molar-refractivity contribution in [3.8, 4) is 11.3 Å². The summed E-state index contributed by atoms with van der Waals surface area (Å²) in [6.07, 6.45) is 1.72. The van der Waals surface area contributed by atoms with Gasteiger partial charge in [-0.05, 0) is 38.0 Å². The molecule has 1 atom stereocenters. The van der Waals surface area contributed by atoms with Gasteiger partial charge in [-0.25, -0.2) is 0 Å². The Morgan fingerprint density at radius 2 is 2.00 bits per heavy atom. The maximum absolute atomic E-state index is 12.4. The summed E-state index contributed by atoms with van der Waals surface area (Å²) in [5.74, 6) is 0.363. The fourth-order valence-electron chi connectivity index (χ4n) is 2.80. The second kappa shape index (κ2) is 6.70. The summed E-state index contributed by atoms with van der Waals surface area (Å²) in [4.78, 5) is 12.4. The molecule has 0 saturated carbocycles. The largest absolute Gasteiger partial charge is 0.361 e. The minimum absolute atomic E-state index is 0.0398. The molecule has 3 aromatic rings. The molecule has 3 rings (SSSR count). The van der Waals surface area contributed by atoms with E-state index < -0.39 is 0 Å². The van der Waals surface area contributed by atoms with Gasteiger partial charge >= 0.3 is 0 Å². The first-order valence-electron chi connectivity index (χ1n) is 7.85. The monoisotopic (exact) mass is 324 g/mol. The predicted molar refractivity (Wildman–Crippen MR) is 90.3 cm³/mol. The number of aromatic amines is 1. The van der Waals surface area contributed by atoms with Crippen LogP contribution < -0.4 is 5.32 Å². The highest BCUT2D eigenvalue weighted by atomic mass is 16.5. The quantitative estimate of drug-likeness (QED) is 0.755. The summed E-state index contributed by atoms with van der Waals surface area (Å²) < 4.78 is 5.14. The van der Waals surface area contributed by atoms with Crippen LogP contribution in [0.5, 0.6) is 0 Å². The summed E-state index contributed by atoms with van der Waals surface area (Å²) in [6.45, 7) is 6.02. The predicted octanol–water partition coefficient (Wildman–Crippen LogP) is 3.10. The lowest BCUT2D eigenvalue weighted by molar-refractivity contribution is -0.122. The molecule has 0 aliphatic heterocycles. The van der Waals surface area contributed by atoms with E-state index in [2.05, 4.69) is 20.7 Å². The fourth-order valence-corrected chi connectivity index (χ4v) is 2.80. The Bertz CT molecular complexity index is 800. The van der Waals surface area contributed by atoms with E-state index in [1.165, 1.54) is 0 Å². The fraction of sp³-hybridized carbons (Fsp3) is 0.278. The summed E-state index contributed by atoms with van der Waals surface area (Å²) >= 11 is 0. The van der Waals surface area contributed by atoms with Crippen molar-refractivity contribution in [1.82, 2.24) is 20.7 Å². The molecule has 0 fully saturated rings. The Morgan fingerprint density at radius 1 is 1.25 bits per heavy atom. The Morgan fingerprint density at radius 3 is 2.58 bits per heavy atom. The average Bonchev–Trinajstić information content (AvgIpc) is 3.23. The van der Waals surface area contributed by atoms with E-state index in [1.807, 2.05) is 51.1 Å². The number of amides is 1. The van der Waals surface area contributed by atoms with E-state index in [-0.39, 0.29) is 11.8 Å². The van der Waals surface area contributed by atoms with Crippen LogP contribution in [0.25, 0.3) is 11.3 Å². The van der Waals surface area contributed by atoms with Crippen LogP contribution in [0, 0.1) is 13.8 Å². The number of nitrogens with zero attached hydrogens (tertiary/aromatic N) is 2. The minimum Gasteiger partial charge on any atom is -0.361 e. The van der Waals surface area contributed by atoms with Gasteiger partial charge in [0.05, 0.1) is 17.3 Å². The van der Waals surface area contributed by atoms with Gasteiger partial charge in [-0.1, -0.05) is 29.4 Å². The highest BCUT2D eigenvalue weighted by molar-refractivity contribution is 5.83. The number of aryl methyl sites for hydroxylation is 2. The smallest absolute Gasteiger partial charge is 0.227 e. The van der Waals surface area contributed by atoms with Gasteiger partial charge in [-0.2, -0.15) is 5.10 Å². The van der Waals surface area contributed by atoms with Crippen LogP contribution in [0.2, 0.25) is 0 Å². The van der Waals surface area contributed by atoms with Gasteiger partial charge in [0.2, 0.25) is 5.91 Å². The normalized spacial score (nSPS) is 12.1. The second-order valence-corrected chi connectivity index (χ2v) is 5.84. The number of hydrogen-bond donors (Lipinski definition) is 2. The molecule has 0 aliphatic carbocycles. The molecule has 6 heteroatoms. The van der Waals surface area contributed by atoms with Crippen molar-refractivity contribution in [2.45, 2.75) is 33.2 Å². The maximum atomic E-state index is 12.4. The molecule has 1 aromatic carbocycles. The lowest BCUT2D eigenvalue weighted by Gasteiger charge is -2.12. The zero-order valence-electron chi connectivity index (χ0n) is 14.0. The zero-order chi connectivity index (χ0) is 17.1. The van der Waals surface area contributed by atoms with Gasteiger partial charge in [0.15, 0.2) is 0 Å². The molecule has 0 unspecified atom stereocenters. The number of aromatic nitrogens is 3. The van der Waals surface area contributed by atoms with Crippen LogP contribution in [0.3, 0.4) is 0 Å². The topological polar surface area (TPSA) is 83.8 Å². The molecule has 0 bridgehead atoms. The first-order chi connectivity index (χ1) is 11.6. The minimum atomic E-state index is -0.291. The van der Waals surface area contributed by atoms with Crippen molar-refractivity contribution >= 4 is 5.91 Å². The van der Waals surface area contributed by atoms with E-state index in [4.69, 9.17) is 4.52 Å². The SMILES string of the molecule is Cc1noc(C)c1[C@@H](C)C(=O)NCc1ccc(-c2ccn[nH]2)cc1. The number of hydrogen-bond acceptors (Lipinski definition) is 4. The van der Waals surface area contributed by atoms with Crippen LogP contribution in [-0.4, -0.2) is 21.3 Å². The average molecular weight is 324 g/mol. The number of nitrogens with one attached hydrogen (secondary N) is 2. The molecule has 0 radical (unpaired) electrons. The molecular formula is C18H20N4O2. The Labute approximate surface area is 140 Å². The van der Waals surface area contributed by atoms with Crippen molar-refractivity contribution in [2.24, 2.45) is 0 Å². The molecule has 24 heavy (non-hydrogen) atoms. The highest BCUT2D eigenvalue weighted by Crippen LogP contribution is 2.23. The van der Waals surface area contributed by atoms with Crippen molar-refractivity contribution in [3.05, 3.63) is 59.1 Å². The van der Waals surface area contributed by atoms with E-state index in [1.54, 1.807) is 6.20 Å². The molecule has 6 nitrogen and oxygen atoms in total. The van der Waals surface area contributed by atoms with Gasteiger partial charge in [0.25, 0.3) is 0 Å². The molecule has 0 saturated heterocycles. The second-order valence-electron chi connectivity index (χ2n) is 5.84. The Balaban J connectivity index is 1.62. The van der Waals surface area contributed by atoms with Crippen LogP contribution in [0.1, 0.15) is 35.4 Å². The van der Waals surface area contributed by atoms with Crippen molar-refractivity contribution in [2.75, 3.05) is 0 Å². The standard InChI is InChI=1S/C18H20N4O2/c1-11(17-12(2)22-24-13(17)3)18(23)19-10-14-4-6-15(7-5-14)16-8-9-20-21-16/h4-9,11H,10H2,1-3H3,(H,19,23)(H,20,21)/t11-/m1/s1. The number of H-pyrrole nitrogens is 1. The molecule has 0 aliphatic rings. The summed E-state index contributed by atoms with van der Waals surface area (Å²) in [6, 6.07) is 9.93. The number of carbonyl (C=O) groups excluding carboxylic acids is 1. The third kappa shape index (κ3) is 3.22. The molecule has 0 spiro atoms. The summed E-state index contributed by atoms with van der Waals surface area (Å²) in [7, 11) is 0. The van der Waals surface area contributed by atoms with Crippen LogP contribution in [-0.2, 0) is 11.3 Å². The van der Waals surface area contributed by atoms with Crippen LogP contribution >= 0.6 is 0 Å². The summed E-state index contributed by atoms with van der Waals surface area (Å²) in [5, 5.41) is 13.7. The molecule has 124 valence electrons. The van der Waals surface area contributed by atoms with E-state index in [0.29, 0.717) is 12.3 Å². The Hall–Kier alpha value is -2.89. The number of carbonyl (C=O) groups is 1. The van der Waals surface area contributed by atoms with Crippen LogP contribution in [0.15, 0.2) is 41.1 Å². The first-order valence-corrected chi connectivity index (χ1v) is 7.85. The maximum Gasteiger partial charge on any atom is 0.227 e. The molecular weight excluding hydrogens is 304 g/mol. The van der Waals surface area contributed by atoms with Crippen LogP contribution in [0.4, 0.5) is 0 Å². The van der Waals surface area contributed by atoms with Gasteiger partial charge in [-0.15, -0.1) is 0 Å². The van der Waals surface area contributed by atoms with Crippen molar-refractivity contribution < 1.29 is 9.32 Å². The molecule has 2 aromatic heterocycles. The van der Waals surface area contributed by atoms with Gasteiger partial charge < -0.3 is 9.84 Å². The van der Waals surface area contributed by atoms with E-state index >= 15 is 0 Å². The number of benzene rings is 1.